The van der Waals surface area contributed by atoms with Crippen molar-refractivity contribution in [3.05, 3.63) is 29.3 Å². The van der Waals surface area contributed by atoms with E-state index >= 15 is 0 Å². The van der Waals surface area contributed by atoms with Crippen molar-refractivity contribution in [3.8, 4) is 5.75 Å². The van der Waals surface area contributed by atoms with Gasteiger partial charge < -0.3 is 9.47 Å². The monoisotopic (exact) mass is 234 g/mol. The number of methoxy groups -OCH3 is 1. The number of carbonyl (C=O) groups excluding carboxylic acids is 1. The molecule has 1 atom stereocenters. The summed E-state index contributed by atoms with van der Waals surface area (Å²) in [5, 5.41) is 0. The van der Waals surface area contributed by atoms with E-state index in [0.717, 1.165) is 23.3 Å². The van der Waals surface area contributed by atoms with Crippen molar-refractivity contribution in [2.75, 3.05) is 20.3 Å². The first kappa shape index (κ1) is 12.1. The highest BCUT2D eigenvalue weighted by Gasteiger charge is 2.21. The summed E-state index contributed by atoms with van der Waals surface area (Å²) in [6, 6.07) is 5.81. The lowest BCUT2D eigenvalue weighted by Crippen LogP contribution is -2.11. The van der Waals surface area contributed by atoms with Crippen LogP contribution in [0.1, 0.15) is 29.3 Å². The molecule has 0 fully saturated rings. The van der Waals surface area contributed by atoms with Crippen LogP contribution in [-0.2, 0) is 11.2 Å². The van der Waals surface area contributed by atoms with Crippen LogP contribution in [0.25, 0.3) is 0 Å². The van der Waals surface area contributed by atoms with E-state index in [1.807, 2.05) is 25.1 Å². The Morgan fingerprint density at radius 2 is 2.35 bits per heavy atom. The van der Waals surface area contributed by atoms with Crippen LogP contribution in [-0.4, -0.2) is 26.1 Å². The maximum absolute atomic E-state index is 12.2. The number of Topliss-reactive ketones (excluding diaryl/α,β-unsaturated/α-hetero) is 1. The van der Waals surface area contributed by atoms with E-state index in [4.69, 9.17) is 9.47 Å². The van der Waals surface area contributed by atoms with Gasteiger partial charge in [-0.1, -0.05) is 19.1 Å². The van der Waals surface area contributed by atoms with Crippen molar-refractivity contribution < 1.29 is 14.3 Å². The molecule has 3 heteroatoms. The van der Waals surface area contributed by atoms with E-state index in [1.54, 1.807) is 7.11 Å². The van der Waals surface area contributed by atoms with Crippen LogP contribution in [0.4, 0.5) is 0 Å². The second kappa shape index (κ2) is 5.32. The van der Waals surface area contributed by atoms with E-state index in [2.05, 4.69) is 0 Å². The highest BCUT2D eigenvalue weighted by atomic mass is 16.5. The van der Waals surface area contributed by atoms with Gasteiger partial charge in [0, 0.05) is 26.6 Å². The Morgan fingerprint density at radius 1 is 1.53 bits per heavy atom. The fraction of sp³-hybridized carbons (Fsp3) is 0.500. The molecule has 17 heavy (non-hydrogen) atoms. The number of benzene rings is 1. The molecule has 0 aromatic heterocycles. The molecule has 1 aliphatic heterocycles. The minimum atomic E-state index is 0.147. The molecule has 2 rings (SSSR count). The molecule has 1 aromatic rings. The number of para-hydroxylation sites is 1. The Morgan fingerprint density at radius 3 is 3.12 bits per heavy atom. The standard InChI is InChI=1S/C14H18O3/c1-10(9-16-2)8-13(15)12-5-3-4-11-6-7-17-14(11)12/h3-5,10H,6-9H2,1-2H3. The number of hydrogen-bond donors (Lipinski definition) is 0. The average Bonchev–Trinajstić information content (AvgIpc) is 2.76. The zero-order valence-electron chi connectivity index (χ0n) is 10.4. The number of carbonyl (C=O) groups is 1. The molecule has 0 aliphatic carbocycles. The highest BCUT2D eigenvalue weighted by molar-refractivity contribution is 5.99. The first-order chi connectivity index (χ1) is 8.22. The van der Waals surface area contributed by atoms with E-state index in [1.165, 1.54) is 0 Å². The summed E-state index contributed by atoms with van der Waals surface area (Å²) in [5.41, 5.74) is 1.87. The predicted molar refractivity (Wildman–Crippen MR) is 65.6 cm³/mol. The third-order valence-electron chi connectivity index (χ3n) is 3.00. The zero-order chi connectivity index (χ0) is 12.3. The molecule has 3 nitrogen and oxygen atoms in total. The van der Waals surface area contributed by atoms with Crippen LogP contribution in [0, 0.1) is 5.92 Å². The van der Waals surface area contributed by atoms with Gasteiger partial charge in [-0.15, -0.1) is 0 Å². The lowest BCUT2D eigenvalue weighted by Gasteiger charge is -2.11. The third kappa shape index (κ3) is 2.67. The zero-order valence-corrected chi connectivity index (χ0v) is 10.4. The Balaban J connectivity index is 2.12. The Hall–Kier alpha value is -1.35. The normalized spacial score (nSPS) is 15.2. The largest absolute Gasteiger partial charge is 0.492 e. The molecular formula is C14H18O3. The third-order valence-corrected chi connectivity index (χ3v) is 3.00. The Kier molecular flexibility index (Phi) is 3.79. The van der Waals surface area contributed by atoms with E-state index in [-0.39, 0.29) is 11.7 Å². The minimum absolute atomic E-state index is 0.147. The van der Waals surface area contributed by atoms with Crippen molar-refractivity contribution in [2.45, 2.75) is 19.8 Å². The van der Waals surface area contributed by atoms with Gasteiger partial charge in [0.2, 0.25) is 0 Å². The number of rotatable bonds is 5. The van der Waals surface area contributed by atoms with Gasteiger partial charge in [-0.2, -0.15) is 0 Å². The Bertz CT molecular complexity index is 412. The first-order valence-corrected chi connectivity index (χ1v) is 5.99. The molecule has 0 amide bonds. The van der Waals surface area contributed by atoms with Crippen molar-refractivity contribution in [1.29, 1.82) is 0 Å². The molecular weight excluding hydrogens is 216 g/mol. The van der Waals surface area contributed by atoms with Gasteiger partial charge in [-0.3, -0.25) is 4.79 Å². The molecule has 0 N–H and O–H groups in total. The van der Waals surface area contributed by atoms with Crippen LogP contribution in [0.15, 0.2) is 18.2 Å². The van der Waals surface area contributed by atoms with Gasteiger partial charge in [0.25, 0.3) is 0 Å². The fourth-order valence-corrected chi connectivity index (χ4v) is 2.20. The number of ether oxygens (including phenoxy) is 2. The maximum atomic E-state index is 12.2. The van der Waals surface area contributed by atoms with Gasteiger partial charge in [-0.05, 0) is 17.5 Å². The average molecular weight is 234 g/mol. The summed E-state index contributed by atoms with van der Waals surface area (Å²) in [7, 11) is 1.66. The van der Waals surface area contributed by atoms with Crippen LogP contribution >= 0.6 is 0 Å². The molecule has 1 unspecified atom stereocenters. The van der Waals surface area contributed by atoms with Gasteiger partial charge in [0.05, 0.1) is 12.2 Å². The van der Waals surface area contributed by atoms with E-state index in [0.29, 0.717) is 19.6 Å². The fourth-order valence-electron chi connectivity index (χ4n) is 2.20. The minimum Gasteiger partial charge on any atom is -0.492 e. The quantitative estimate of drug-likeness (QED) is 0.734. The highest BCUT2D eigenvalue weighted by Crippen LogP contribution is 2.30. The summed E-state index contributed by atoms with van der Waals surface area (Å²) in [6.07, 6.45) is 1.41. The molecule has 0 spiro atoms. The molecule has 1 heterocycles. The molecule has 0 bridgehead atoms. The smallest absolute Gasteiger partial charge is 0.166 e. The van der Waals surface area contributed by atoms with Crippen molar-refractivity contribution >= 4 is 5.78 Å². The maximum Gasteiger partial charge on any atom is 0.166 e. The van der Waals surface area contributed by atoms with Crippen LogP contribution in [0.3, 0.4) is 0 Å². The topological polar surface area (TPSA) is 35.5 Å². The lowest BCUT2D eigenvalue weighted by atomic mass is 9.98. The van der Waals surface area contributed by atoms with Gasteiger partial charge in [0.15, 0.2) is 5.78 Å². The molecule has 1 aromatic carbocycles. The van der Waals surface area contributed by atoms with Gasteiger partial charge >= 0.3 is 0 Å². The van der Waals surface area contributed by atoms with Gasteiger partial charge in [-0.25, -0.2) is 0 Å². The van der Waals surface area contributed by atoms with E-state index < -0.39 is 0 Å². The van der Waals surface area contributed by atoms with Gasteiger partial charge in [0.1, 0.15) is 5.75 Å². The van der Waals surface area contributed by atoms with Crippen molar-refractivity contribution in [1.82, 2.24) is 0 Å². The lowest BCUT2D eigenvalue weighted by molar-refractivity contribution is 0.0917. The van der Waals surface area contributed by atoms with Crippen LogP contribution in [0.2, 0.25) is 0 Å². The first-order valence-electron chi connectivity index (χ1n) is 5.99. The summed E-state index contributed by atoms with van der Waals surface area (Å²) < 4.78 is 10.6. The summed E-state index contributed by atoms with van der Waals surface area (Å²) in [6.45, 7) is 3.32. The number of ketones is 1. The van der Waals surface area contributed by atoms with Crippen LogP contribution < -0.4 is 4.74 Å². The summed E-state index contributed by atoms with van der Waals surface area (Å²) >= 11 is 0. The molecule has 0 saturated heterocycles. The number of hydrogen-bond acceptors (Lipinski definition) is 3. The van der Waals surface area contributed by atoms with Crippen molar-refractivity contribution in [3.63, 3.8) is 0 Å². The number of fused-ring (bicyclic) bond motifs is 1. The second-order valence-electron chi connectivity index (χ2n) is 4.58. The molecule has 92 valence electrons. The molecule has 0 saturated carbocycles. The molecule has 0 radical (unpaired) electrons. The van der Waals surface area contributed by atoms with Crippen molar-refractivity contribution in [2.24, 2.45) is 5.92 Å². The second-order valence-corrected chi connectivity index (χ2v) is 4.58. The van der Waals surface area contributed by atoms with Crippen LogP contribution in [0.5, 0.6) is 5.75 Å². The SMILES string of the molecule is COCC(C)CC(=O)c1cccc2c1OCC2. The Labute approximate surface area is 102 Å². The predicted octanol–water partition coefficient (Wildman–Crippen LogP) is 2.48. The molecule has 1 aliphatic rings. The van der Waals surface area contributed by atoms with E-state index in [9.17, 15) is 4.79 Å². The summed E-state index contributed by atoms with van der Waals surface area (Å²) in [5.74, 6) is 1.18. The summed E-state index contributed by atoms with van der Waals surface area (Å²) in [4.78, 5) is 12.2.